The van der Waals surface area contributed by atoms with E-state index in [4.69, 9.17) is 21.1 Å². The van der Waals surface area contributed by atoms with Crippen LogP contribution in [0.4, 0.5) is 0 Å². The van der Waals surface area contributed by atoms with Crippen molar-refractivity contribution in [3.05, 3.63) is 75.9 Å². The highest BCUT2D eigenvalue weighted by molar-refractivity contribution is 6.35. The first-order valence-electron chi connectivity index (χ1n) is 13.0. The molecule has 1 aliphatic carbocycles. The van der Waals surface area contributed by atoms with Crippen LogP contribution in [-0.4, -0.2) is 67.4 Å². The monoisotopic (exact) mass is 505 g/mol. The van der Waals surface area contributed by atoms with Gasteiger partial charge in [0.05, 0.1) is 12.5 Å². The Hall–Kier alpha value is -2.73. The van der Waals surface area contributed by atoms with Crippen molar-refractivity contribution in [2.45, 2.75) is 26.3 Å². The van der Waals surface area contributed by atoms with Crippen molar-refractivity contribution in [1.82, 2.24) is 14.4 Å². The minimum absolute atomic E-state index is 0.688. The summed E-state index contributed by atoms with van der Waals surface area (Å²) in [7, 11) is 1.78. The molecule has 6 heteroatoms. The molecule has 1 aromatic heterocycles. The van der Waals surface area contributed by atoms with Crippen molar-refractivity contribution < 1.29 is 9.47 Å². The van der Waals surface area contributed by atoms with Crippen LogP contribution in [-0.2, 0) is 11.3 Å². The maximum Gasteiger partial charge on any atom is 0.127 e. The predicted molar refractivity (Wildman–Crippen MR) is 149 cm³/mol. The lowest BCUT2D eigenvalue weighted by atomic mass is 10.1. The summed E-state index contributed by atoms with van der Waals surface area (Å²) >= 11 is 6.34. The van der Waals surface area contributed by atoms with Gasteiger partial charge < -0.3 is 18.9 Å². The van der Waals surface area contributed by atoms with Gasteiger partial charge in [0, 0.05) is 72.9 Å². The number of aromatic nitrogens is 1. The first-order chi connectivity index (χ1) is 17.6. The number of benzene rings is 2. The lowest BCUT2D eigenvalue weighted by molar-refractivity contribution is 0.115. The van der Waals surface area contributed by atoms with Crippen LogP contribution in [0.15, 0.2) is 54.7 Å². The largest absolute Gasteiger partial charge is 0.499 e. The Balaban J connectivity index is 1.08. The lowest BCUT2D eigenvalue weighted by Gasteiger charge is -2.34. The number of halogens is 1. The number of aryl methyl sites for hydroxylation is 2. The van der Waals surface area contributed by atoms with E-state index in [2.05, 4.69) is 51.8 Å². The molecule has 1 saturated heterocycles. The van der Waals surface area contributed by atoms with E-state index in [1.165, 1.54) is 16.1 Å². The highest BCUT2D eigenvalue weighted by Crippen LogP contribution is 2.31. The van der Waals surface area contributed by atoms with Crippen LogP contribution >= 0.6 is 11.6 Å². The molecule has 5 rings (SSSR count). The van der Waals surface area contributed by atoms with Crippen molar-refractivity contribution in [2.75, 3.05) is 53.0 Å². The summed E-state index contributed by atoms with van der Waals surface area (Å²) in [5.74, 6) is 1.97. The minimum Gasteiger partial charge on any atom is -0.499 e. The maximum absolute atomic E-state index is 6.34. The Morgan fingerprint density at radius 2 is 1.67 bits per heavy atom. The minimum atomic E-state index is 0.688. The van der Waals surface area contributed by atoms with E-state index in [-0.39, 0.29) is 0 Å². The second-order valence-electron chi connectivity index (χ2n) is 9.67. The standard InChI is InChI=1S/C30H36ClN3O2/c1-23-22-34(30-24(23)8-5-6-11-29(30)35-2)15-7-14-32-16-18-33(19-17-32)20-21-36-28-13-12-27(31)25-9-3-4-10-26(25)28/h3-6,8-10,12-13,22H,7,11,14-21H2,1-2H3. The molecular formula is C30H36ClN3O2. The Morgan fingerprint density at radius 3 is 2.44 bits per heavy atom. The van der Waals surface area contributed by atoms with Gasteiger partial charge in [-0.25, -0.2) is 0 Å². The van der Waals surface area contributed by atoms with Crippen LogP contribution in [0, 0.1) is 6.92 Å². The van der Waals surface area contributed by atoms with Crippen LogP contribution in [0.1, 0.15) is 18.4 Å². The number of fused-ring (bicyclic) bond motifs is 2. The normalized spacial score (nSPS) is 16.6. The van der Waals surface area contributed by atoms with Crippen molar-refractivity contribution in [3.8, 4) is 5.75 Å². The number of rotatable bonds is 9. The van der Waals surface area contributed by atoms with Gasteiger partial charge in [-0.15, -0.1) is 0 Å². The topological polar surface area (TPSA) is 29.9 Å². The summed E-state index contributed by atoms with van der Waals surface area (Å²) in [4.78, 5) is 5.10. The van der Waals surface area contributed by atoms with Gasteiger partial charge in [-0.3, -0.25) is 4.90 Å². The summed E-state index contributed by atoms with van der Waals surface area (Å²) in [6, 6.07) is 12.1. The second kappa shape index (κ2) is 11.5. The average Bonchev–Trinajstić information content (AvgIpc) is 3.07. The zero-order valence-electron chi connectivity index (χ0n) is 21.4. The van der Waals surface area contributed by atoms with Gasteiger partial charge in [0.2, 0.25) is 0 Å². The first kappa shape index (κ1) is 24.9. The van der Waals surface area contributed by atoms with Crippen molar-refractivity contribution >= 4 is 34.2 Å². The molecule has 2 heterocycles. The highest BCUT2D eigenvalue weighted by Gasteiger charge is 2.17. The van der Waals surface area contributed by atoms with Gasteiger partial charge in [-0.05, 0) is 37.6 Å². The molecule has 190 valence electrons. The molecular weight excluding hydrogens is 470 g/mol. The fourth-order valence-electron chi connectivity index (χ4n) is 5.37. The molecule has 0 radical (unpaired) electrons. The zero-order chi connectivity index (χ0) is 24.9. The third-order valence-corrected chi connectivity index (χ3v) is 7.69. The smallest absolute Gasteiger partial charge is 0.127 e. The third kappa shape index (κ3) is 5.49. The number of nitrogens with zero attached hydrogens (tertiary/aromatic N) is 3. The van der Waals surface area contributed by atoms with Gasteiger partial charge in [0.1, 0.15) is 18.1 Å². The quantitative estimate of drug-likeness (QED) is 0.436. The van der Waals surface area contributed by atoms with E-state index < -0.39 is 0 Å². The molecule has 3 aromatic rings. The van der Waals surface area contributed by atoms with E-state index in [1.54, 1.807) is 7.11 Å². The predicted octanol–water partition coefficient (Wildman–Crippen LogP) is 4.18. The molecule has 1 aliphatic heterocycles. The van der Waals surface area contributed by atoms with Gasteiger partial charge in [-0.2, -0.15) is 0 Å². The molecule has 36 heavy (non-hydrogen) atoms. The summed E-state index contributed by atoms with van der Waals surface area (Å²) in [6.07, 6.45) is 10.8. The van der Waals surface area contributed by atoms with E-state index in [1.807, 2.05) is 30.3 Å². The molecule has 0 N–H and O–H groups in total. The third-order valence-electron chi connectivity index (χ3n) is 7.36. The van der Waals surface area contributed by atoms with Crippen LogP contribution in [0.5, 0.6) is 5.75 Å². The van der Waals surface area contributed by atoms with Crippen LogP contribution in [0.25, 0.3) is 22.6 Å². The van der Waals surface area contributed by atoms with Crippen LogP contribution in [0.2, 0.25) is 5.02 Å². The number of hydrogen-bond acceptors (Lipinski definition) is 4. The van der Waals surface area contributed by atoms with Crippen molar-refractivity contribution in [2.24, 2.45) is 0 Å². The number of ether oxygens (including phenoxy) is 2. The number of methoxy groups -OCH3 is 1. The molecule has 0 amide bonds. The summed E-state index contributed by atoms with van der Waals surface area (Å²) < 4.78 is 14.3. The molecule has 5 nitrogen and oxygen atoms in total. The second-order valence-corrected chi connectivity index (χ2v) is 10.1. The fourth-order valence-corrected chi connectivity index (χ4v) is 5.60. The summed E-state index contributed by atoms with van der Waals surface area (Å²) in [5.41, 5.74) is 1.31. The van der Waals surface area contributed by atoms with E-state index >= 15 is 0 Å². The summed E-state index contributed by atoms with van der Waals surface area (Å²) in [6.45, 7) is 10.4. The number of allylic oxidation sites excluding steroid dienone is 1. The molecule has 0 spiro atoms. The Labute approximate surface area is 218 Å². The average molecular weight is 506 g/mol. The molecule has 2 aromatic carbocycles. The zero-order valence-corrected chi connectivity index (χ0v) is 22.1. The van der Waals surface area contributed by atoms with Crippen LogP contribution in [0.3, 0.4) is 0 Å². The lowest BCUT2D eigenvalue weighted by Crippen LogP contribution is -2.47. The number of piperazine rings is 1. The van der Waals surface area contributed by atoms with Gasteiger partial charge in [0.15, 0.2) is 0 Å². The maximum atomic E-state index is 6.34. The number of hydrogen-bond donors (Lipinski definition) is 0. The molecule has 0 unspecified atom stereocenters. The molecule has 2 aliphatic rings. The fraction of sp³-hybridized carbons (Fsp3) is 0.400. The van der Waals surface area contributed by atoms with Crippen LogP contribution < -0.4 is 15.3 Å². The van der Waals surface area contributed by atoms with E-state index in [9.17, 15) is 0 Å². The Bertz CT molecular complexity index is 1350. The van der Waals surface area contributed by atoms with Crippen molar-refractivity contribution in [3.63, 3.8) is 0 Å². The molecule has 0 atom stereocenters. The van der Waals surface area contributed by atoms with Gasteiger partial charge >= 0.3 is 0 Å². The van der Waals surface area contributed by atoms with E-state index in [0.717, 1.165) is 86.0 Å². The van der Waals surface area contributed by atoms with Crippen molar-refractivity contribution in [1.29, 1.82) is 0 Å². The summed E-state index contributed by atoms with van der Waals surface area (Å²) in [5, 5.41) is 5.43. The van der Waals surface area contributed by atoms with E-state index in [0.29, 0.717) is 6.61 Å². The molecule has 0 saturated carbocycles. The van der Waals surface area contributed by atoms with Gasteiger partial charge in [0.25, 0.3) is 0 Å². The first-order valence-corrected chi connectivity index (χ1v) is 13.4. The Morgan fingerprint density at radius 1 is 0.917 bits per heavy atom. The SMILES string of the molecule is COC1=c2c(c(C)cn2CCCN2CCN(CCOc3ccc(Cl)c4ccccc34)CC2)=CC=CC1. The Kier molecular flexibility index (Phi) is 8.00. The van der Waals surface area contributed by atoms with Gasteiger partial charge in [-0.1, -0.05) is 54.1 Å². The molecule has 0 bridgehead atoms. The molecule has 1 fully saturated rings. The highest BCUT2D eigenvalue weighted by atomic mass is 35.5.